The van der Waals surface area contributed by atoms with Crippen LogP contribution in [-0.4, -0.2) is 6.29 Å². The van der Waals surface area contributed by atoms with Gasteiger partial charge in [-0.05, 0) is 25.7 Å². The lowest BCUT2D eigenvalue weighted by molar-refractivity contribution is -0.107. The zero-order valence-electron chi connectivity index (χ0n) is 9.41. The number of aldehydes is 1. The second kappa shape index (κ2) is 10.2. The Hall–Kier alpha value is -0.850. The molecular formula is C13H22O. The number of unbranched alkanes of at least 4 members (excludes halogenated alkanes) is 3. The third kappa shape index (κ3) is 9.24. The van der Waals surface area contributed by atoms with E-state index in [-0.39, 0.29) is 0 Å². The van der Waals surface area contributed by atoms with Crippen LogP contribution in [-0.2, 0) is 4.79 Å². The van der Waals surface area contributed by atoms with Gasteiger partial charge in [0.25, 0.3) is 0 Å². The predicted molar refractivity (Wildman–Crippen MR) is 62.3 cm³/mol. The van der Waals surface area contributed by atoms with Crippen LogP contribution in [0.15, 0.2) is 24.3 Å². The molecule has 0 fully saturated rings. The highest BCUT2D eigenvalue weighted by atomic mass is 16.1. The minimum Gasteiger partial charge on any atom is -0.303 e. The molecule has 0 aliphatic heterocycles. The molecule has 0 saturated heterocycles. The second-order valence-corrected chi connectivity index (χ2v) is 3.69. The van der Waals surface area contributed by atoms with Gasteiger partial charge in [-0.1, -0.05) is 44.1 Å². The molecule has 1 atom stereocenters. The molecule has 0 saturated carbocycles. The van der Waals surface area contributed by atoms with E-state index in [0.717, 1.165) is 19.1 Å². The van der Waals surface area contributed by atoms with E-state index in [9.17, 15) is 4.79 Å². The molecule has 0 bridgehead atoms. The van der Waals surface area contributed by atoms with Crippen LogP contribution in [0, 0.1) is 5.92 Å². The molecule has 0 aliphatic carbocycles. The molecule has 0 aliphatic rings. The molecule has 0 heterocycles. The van der Waals surface area contributed by atoms with Crippen LogP contribution in [0.1, 0.15) is 46.0 Å². The van der Waals surface area contributed by atoms with Crippen LogP contribution in [0.5, 0.6) is 0 Å². The molecule has 0 amide bonds. The number of hydrogen-bond acceptors (Lipinski definition) is 1. The summed E-state index contributed by atoms with van der Waals surface area (Å²) in [6, 6.07) is 0. The number of carbonyl (C=O) groups excluding carboxylic acids is 1. The fourth-order valence-electron chi connectivity index (χ4n) is 1.33. The van der Waals surface area contributed by atoms with E-state index in [1.54, 1.807) is 0 Å². The zero-order chi connectivity index (χ0) is 10.6. The van der Waals surface area contributed by atoms with Crippen LogP contribution in [0.4, 0.5) is 0 Å². The molecule has 0 aromatic carbocycles. The van der Waals surface area contributed by atoms with Gasteiger partial charge < -0.3 is 4.79 Å². The van der Waals surface area contributed by atoms with Gasteiger partial charge in [-0.15, -0.1) is 0 Å². The van der Waals surface area contributed by atoms with Gasteiger partial charge in [-0.2, -0.15) is 0 Å². The Kier molecular flexibility index (Phi) is 9.61. The summed E-state index contributed by atoms with van der Waals surface area (Å²) >= 11 is 0. The van der Waals surface area contributed by atoms with Gasteiger partial charge in [0.1, 0.15) is 6.29 Å². The first-order valence-electron chi connectivity index (χ1n) is 5.54. The molecule has 1 unspecified atom stereocenters. The molecule has 0 N–H and O–H groups in total. The highest BCUT2D eigenvalue weighted by Gasteiger charge is 1.95. The lowest BCUT2D eigenvalue weighted by Crippen LogP contribution is -1.89. The van der Waals surface area contributed by atoms with Crippen molar-refractivity contribution in [1.29, 1.82) is 0 Å². The van der Waals surface area contributed by atoms with Crippen molar-refractivity contribution in [2.75, 3.05) is 0 Å². The van der Waals surface area contributed by atoms with E-state index in [1.165, 1.54) is 19.3 Å². The Morgan fingerprint density at radius 2 is 1.93 bits per heavy atom. The van der Waals surface area contributed by atoms with Gasteiger partial charge >= 0.3 is 0 Å². The minimum atomic E-state index is 0.655. The molecule has 14 heavy (non-hydrogen) atoms. The van der Waals surface area contributed by atoms with E-state index in [1.807, 2.05) is 13.0 Å². The summed E-state index contributed by atoms with van der Waals surface area (Å²) in [5.41, 5.74) is 0. The van der Waals surface area contributed by atoms with Gasteiger partial charge in [-0.25, -0.2) is 0 Å². The Morgan fingerprint density at radius 1 is 1.14 bits per heavy atom. The van der Waals surface area contributed by atoms with Crippen molar-refractivity contribution in [3.63, 3.8) is 0 Å². The molecule has 0 aromatic heterocycles. The normalized spacial score (nSPS) is 13.9. The fourth-order valence-corrected chi connectivity index (χ4v) is 1.33. The maximum absolute atomic E-state index is 10.1. The van der Waals surface area contributed by atoms with E-state index in [0.29, 0.717) is 5.92 Å². The molecule has 1 heteroatoms. The van der Waals surface area contributed by atoms with Crippen molar-refractivity contribution in [2.24, 2.45) is 5.92 Å². The topological polar surface area (TPSA) is 17.1 Å². The molecule has 80 valence electrons. The summed E-state index contributed by atoms with van der Waals surface area (Å²) in [6.45, 7) is 4.26. The molecule has 0 spiro atoms. The summed E-state index contributed by atoms with van der Waals surface area (Å²) in [5, 5.41) is 0. The average molecular weight is 194 g/mol. The third-order valence-electron chi connectivity index (χ3n) is 2.22. The average Bonchev–Trinajstić information content (AvgIpc) is 2.18. The summed E-state index contributed by atoms with van der Waals surface area (Å²) in [4.78, 5) is 10.1. The van der Waals surface area contributed by atoms with Crippen LogP contribution >= 0.6 is 0 Å². The van der Waals surface area contributed by atoms with Crippen LogP contribution in [0.2, 0.25) is 0 Å². The predicted octanol–water partition coefficient (Wildman–Crippen LogP) is 3.90. The van der Waals surface area contributed by atoms with E-state index in [4.69, 9.17) is 0 Å². The van der Waals surface area contributed by atoms with Gasteiger partial charge in [0, 0.05) is 6.42 Å². The smallest absolute Gasteiger partial charge is 0.119 e. The fraction of sp³-hybridized carbons (Fsp3) is 0.615. The van der Waals surface area contributed by atoms with E-state index >= 15 is 0 Å². The molecular weight excluding hydrogens is 172 g/mol. The molecule has 0 rings (SSSR count). The zero-order valence-corrected chi connectivity index (χ0v) is 9.41. The molecule has 1 nitrogen and oxygen atoms in total. The van der Waals surface area contributed by atoms with Crippen molar-refractivity contribution in [1.82, 2.24) is 0 Å². The summed E-state index contributed by atoms with van der Waals surface area (Å²) in [7, 11) is 0. The van der Waals surface area contributed by atoms with E-state index in [2.05, 4.69) is 25.2 Å². The quantitative estimate of drug-likeness (QED) is 0.325. The van der Waals surface area contributed by atoms with Crippen molar-refractivity contribution >= 4 is 6.29 Å². The van der Waals surface area contributed by atoms with Crippen molar-refractivity contribution in [3.8, 4) is 0 Å². The first kappa shape index (κ1) is 13.2. The van der Waals surface area contributed by atoms with Crippen LogP contribution in [0.3, 0.4) is 0 Å². The third-order valence-corrected chi connectivity index (χ3v) is 2.22. The SMILES string of the molecule is CC=CC=CC(C)CCCCCC=O. The van der Waals surface area contributed by atoms with Crippen LogP contribution < -0.4 is 0 Å². The maximum Gasteiger partial charge on any atom is 0.119 e. The highest BCUT2D eigenvalue weighted by molar-refractivity contribution is 5.48. The molecule has 0 aromatic rings. The maximum atomic E-state index is 10.1. The number of carbonyl (C=O) groups is 1. The first-order valence-corrected chi connectivity index (χ1v) is 5.54. The Balaban J connectivity index is 3.34. The van der Waals surface area contributed by atoms with Gasteiger partial charge in [0.05, 0.1) is 0 Å². The first-order chi connectivity index (χ1) is 6.81. The van der Waals surface area contributed by atoms with Crippen molar-refractivity contribution in [2.45, 2.75) is 46.0 Å². The van der Waals surface area contributed by atoms with E-state index < -0.39 is 0 Å². The minimum absolute atomic E-state index is 0.655. The number of rotatable bonds is 8. The summed E-state index contributed by atoms with van der Waals surface area (Å²) < 4.78 is 0. The Bertz CT molecular complexity index is 180. The largest absolute Gasteiger partial charge is 0.303 e. The Morgan fingerprint density at radius 3 is 2.57 bits per heavy atom. The highest BCUT2D eigenvalue weighted by Crippen LogP contribution is 2.11. The van der Waals surface area contributed by atoms with Gasteiger partial charge in [-0.3, -0.25) is 0 Å². The van der Waals surface area contributed by atoms with Gasteiger partial charge in [0.15, 0.2) is 0 Å². The van der Waals surface area contributed by atoms with Crippen molar-refractivity contribution in [3.05, 3.63) is 24.3 Å². The lowest BCUT2D eigenvalue weighted by Gasteiger charge is -2.04. The Labute approximate surface area is 87.9 Å². The lowest BCUT2D eigenvalue weighted by atomic mass is 10.0. The molecule has 0 radical (unpaired) electrons. The summed E-state index contributed by atoms with van der Waals surface area (Å²) in [5.74, 6) is 0.655. The standard InChI is InChI=1S/C13H22O/c1-3-4-7-10-13(2)11-8-5-6-9-12-14/h3-4,7,10,12-13H,5-6,8-9,11H2,1-2H3. The van der Waals surface area contributed by atoms with Gasteiger partial charge in [0.2, 0.25) is 0 Å². The summed E-state index contributed by atoms with van der Waals surface area (Å²) in [6.07, 6.45) is 14.9. The number of allylic oxidation sites excluding steroid dienone is 4. The second-order valence-electron chi connectivity index (χ2n) is 3.69. The van der Waals surface area contributed by atoms with Crippen molar-refractivity contribution < 1.29 is 4.79 Å². The number of hydrogen-bond donors (Lipinski definition) is 0. The van der Waals surface area contributed by atoms with Crippen LogP contribution in [0.25, 0.3) is 0 Å². The monoisotopic (exact) mass is 194 g/mol.